The smallest absolute Gasteiger partial charge is 0.243 e. The molecule has 5 N–H and O–H groups in total. The fourth-order valence-electron chi connectivity index (χ4n) is 2.10. The van der Waals surface area contributed by atoms with E-state index >= 15 is 0 Å². The molecule has 9 heteroatoms. The summed E-state index contributed by atoms with van der Waals surface area (Å²) in [6.07, 6.45) is 2.55. The van der Waals surface area contributed by atoms with Crippen LogP contribution < -0.4 is 15.8 Å². The third-order valence-electron chi connectivity index (χ3n) is 3.37. The van der Waals surface area contributed by atoms with Gasteiger partial charge in [-0.05, 0) is 24.8 Å². The molecule has 2 rings (SSSR count). The van der Waals surface area contributed by atoms with E-state index in [1.165, 1.54) is 23.3 Å². The summed E-state index contributed by atoms with van der Waals surface area (Å²) in [5, 5.41) is 10.2. The number of hydrogen-bond acceptors (Lipinski definition) is 6. The molecule has 0 saturated carbocycles. The van der Waals surface area contributed by atoms with Crippen LogP contribution in [0.25, 0.3) is 0 Å². The molecule has 0 aromatic carbocycles. The van der Waals surface area contributed by atoms with Gasteiger partial charge in [-0.15, -0.1) is 11.3 Å². The van der Waals surface area contributed by atoms with Gasteiger partial charge in [0.25, 0.3) is 0 Å². The molecule has 0 bridgehead atoms. The highest BCUT2D eigenvalue weighted by Gasteiger charge is 2.36. The second-order valence-corrected chi connectivity index (χ2v) is 6.68. The number of nitrogens with two attached hydrogens (primary N) is 1. The number of carbonyl (C=O) groups is 2. The van der Waals surface area contributed by atoms with Crippen molar-refractivity contribution in [2.24, 2.45) is 5.73 Å². The zero-order valence-corrected chi connectivity index (χ0v) is 13.9. The number of thiophene rings is 1. The maximum atomic E-state index is 12.1. The Bertz CT molecular complexity index is 575. The van der Waals surface area contributed by atoms with E-state index in [0.717, 1.165) is 4.88 Å². The highest BCUT2D eigenvalue weighted by molar-refractivity contribution is 7.96. The molecule has 22 heavy (non-hydrogen) atoms. The van der Waals surface area contributed by atoms with Crippen molar-refractivity contribution in [2.75, 3.05) is 19.3 Å². The van der Waals surface area contributed by atoms with Crippen molar-refractivity contribution in [3.8, 4) is 0 Å². The molecular formula is C13H19N5O2S2. The summed E-state index contributed by atoms with van der Waals surface area (Å²) < 4.78 is 2.89. The van der Waals surface area contributed by atoms with Crippen molar-refractivity contribution in [3.05, 3.63) is 21.9 Å². The Labute approximate surface area is 137 Å². The summed E-state index contributed by atoms with van der Waals surface area (Å²) in [5.74, 6) is -0.170. The number of amides is 2. The molecule has 1 unspecified atom stereocenters. The first-order valence-corrected chi connectivity index (χ1v) is 8.83. The number of nitrogen functional groups attached to an aromatic ring is 1. The van der Waals surface area contributed by atoms with Gasteiger partial charge in [0.15, 0.2) is 0 Å². The Balaban J connectivity index is 1.81. The first-order valence-electron chi connectivity index (χ1n) is 6.79. The standard InChI is InChI=1S/C13H19N5O2S2/c1-21-17-7-11(19)18-5-4-9(18)13(20)16-6-8-2-3-10(22-8)12(14)15/h2-3,9,17H,4-7H2,1H3,(H3,14,15)(H,16,20). The molecule has 0 aliphatic carbocycles. The zero-order valence-electron chi connectivity index (χ0n) is 12.2. The zero-order chi connectivity index (χ0) is 16.1. The second-order valence-electron chi connectivity index (χ2n) is 4.81. The van der Waals surface area contributed by atoms with Gasteiger partial charge in [-0.3, -0.25) is 19.7 Å². The number of likely N-dealkylation sites (tertiary alicyclic amines) is 1. The molecular weight excluding hydrogens is 322 g/mol. The summed E-state index contributed by atoms with van der Waals surface area (Å²) in [6, 6.07) is 3.23. The van der Waals surface area contributed by atoms with Crippen LogP contribution in [-0.4, -0.2) is 47.9 Å². The van der Waals surface area contributed by atoms with Crippen molar-refractivity contribution in [1.29, 1.82) is 5.41 Å². The number of amidine groups is 1. The van der Waals surface area contributed by atoms with Crippen LogP contribution in [0.15, 0.2) is 12.1 Å². The lowest BCUT2D eigenvalue weighted by molar-refractivity contribution is -0.146. The highest BCUT2D eigenvalue weighted by Crippen LogP contribution is 2.19. The second kappa shape index (κ2) is 7.61. The summed E-state index contributed by atoms with van der Waals surface area (Å²) in [4.78, 5) is 27.2. The lowest BCUT2D eigenvalue weighted by Gasteiger charge is -2.39. The molecule has 1 fully saturated rings. The first kappa shape index (κ1) is 16.8. The summed E-state index contributed by atoms with van der Waals surface area (Å²) in [5.41, 5.74) is 5.41. The normalized spacial score (nSPS) is 17.0. The lowest BCUT2D eigenvalue weighted by atomic mass is 10.0. The van der Waals surface area contributed by atoms with Crippen LogP contribution in [0.4, 0.5) is 0 Å². The van der Waals surface area contributed by atoms with Gasteiger partial charge in [-0.1, -0.05) is 11.9 Å². The van der Waals surface area contributed by atoms with Gasteiger partial charge in [-0.25, -0.2) is 0 Å². The van der Waals surface area contributed by atoms with E-state index in [1.54, 1.807) is 11.0 Å². The van der Waals surface area contributed by atoms with Crippen molar-refractivity contribution in [2.45, 2.75) is 19.0 Å². The number of carbonyl (C=O) groups excluding carboxylic acids is 2. The van der Waals surface area contributed by atoms with Gasteiger partial charge in [-0.2, -0.15) is 0 Å². The van der Waals surface area contributed by atoms with E-state index in [4.69, 9.17) is 11.1 Å². The molecule has 2 heterocycles. The summed E-state index contributed by atoms with van der Waals surface area (Å²) >= 11 is 2.76. The largest absolute Gasteiger partial charge is 0.383 e. The van der Waals surface area contributed by atoms with Crippen LogP contribution >= 0.6 is 23.3 Å². The maximum Gasteiger partial charge on any atom is 0.243 e. The molecule has 1 saturated heterocycles. The first-order chi connectivity index (χ1) is 10.5. The van der Waals surface area contributed by atoms with Crippen LogP contribution in [0.3, 0.4) is 0 Å². The van der Waals surface area contributed by atoms with Gasteiger partial charge >= 0.3 is 0 Å². The van der Waals surface area contributed by atoms with E-state index in [0.29, 0.717) is 24.4 Å². The predicted molar refractivity (Wildman–Crippen MR) is 88.8 cm³/mol. The Morgan fingerprint density at radius 1 is 1.55 bits per heavy atom. The average Bonchev–Trinajstić information content (AvgIpc) is 2.90. The minimum Gasteiger partial charge on any atom is -0.383 e. The minimum atomic E-state index is -0.372. The van der Waals surface area contributed by atoms with E-state index in [2.05, 4.69) is 10.0 Å². The Hall–Kier alpha value is -1.58. The van der Waals surface area contributed by atoms with Gasteiger partial charge in [0, 0.05) is 11.4 Å². The monoisotopic (exact) mass is 341 g/mol. The predicted octanol–water partition coefficient (Wildman–Crippen LogP) is 0.117. The molecule has 1 aliphatic heterocycles. The molecule has 7 nitrogen and oxygen atoms in total. The molecule has 0 radical (unpaired) electrons. The van der Waals surface area contributed by atoms with Crippen molar-refractivity contribution < 1.29 is 9.59 Å². The quantitative estimate of drug-likeness (QED) is 0.320. The SMILES string of the molecule is CSNCC(=O)N1CCC1C(=O)NCc1ccc(C(=N)N)s1. The fraction of sp³-hybridized carbons (Fsp3) is 0.462. The molecule has 2 amide bonds. The van der Waals surface area contributed by atoms with Gasteiger partial charge < -0.3 is 16.0 Å². The van der Waals surface area contributed by atoms with Crippen molar-refractivity contribution in [3.63, 3.8) is 0 Å². The van der Waals surface area contributed by atoms with Crippen LogP contribution in [0.5, 0.6) is 0 Å². The van der Waals surface area contributed by atoms with Crippen molar-refractivity contribution in [1.82, 2.24) is 14.9 Å². The molecule has 0 spiro atoms. The maximum absolute atomic E-state index is 12.1. The van der Waals surface area contributed by atoms with Crippen LogP contribution in [-0.2, 0) is 16.1 Å². The van der Waals surface area contributed by atoms with Gasteiger partial charge in [0.1, 0.15) is 11.9 Å². The minimum absolute atomic E-state index is 0.0274. The van der Waals surface area contributed by atoms with E-state index in [1.807, 2.05) is 12.3 Å². The fourth-order valence-corrected chi connectivity index (χ4v) is 3.18. The molecule has 120 valence electrons. The van der Waals surface area contributed by atoms with E-state index in [9.17, 15) is 9.59 Å². The Morgan fingerprint density at radius 3 is 2.86 bits per heavy atom. The third kappa shape index (κ3) is 3.99. The number of nitrogens with one attached hydrogen (secondary N) is 3. The number of rotatable bonds is 7. The van der Waals surface area contributed by atoms with E-state index < -0.39 is 0 Å². The Morgan fingerprint density at radius 2 is 2.32 bits per heavy atom. The van der Waals surface area contributed by atoms with Gasteiger partial charge in [0.05, 0.1) is 18.0 Å². The average molecular weight is 341 g/mol. The van der Waals surface area contributed by atoms with Crippen molar-refractivity contribution >= 4 is 40.9 Å². The number of hydrogen-bond donors (Lipinski definition) is 4. The molecule has 1 aromatic heterocycles. The van der Waals surface area contributed by atoms with Crippen LogP contribution in [0.2, 0.25) is 0 Å². The summed E-state index contributed by atoms with van der Waals surface area (Å²) in [6.45, 7) is 1.25. The van der Waals surface area contributed by atoms with E-state index in [-0.39, 0.29) is 30.2 Å². The van der Waals surface area contributed by atoms with Crippen LogP contribution in [0, 0.1) is 5.41 Å². The highest BCUT2D eigenvalue weighted by atomic mass is 32.2. The lowest BCUT2D eigenvalue weighted by Crippen LogP contribution is -2.59. The molecule has 1 aliphatic rings. The summed E-state index contributed by atoms with van der Waals surface area (Å²) in [7, 11) is 0. The van der Waals surface area contributed by atoms with Crippen LogP contribution in [0.1, 0.15) is 16.2 Å². The Kier molecular flexibility index (Phi) is 5.81. The molecule has 1 atom stereocenters. The topological polar surface area (TPSA) is 111 Å². The number of nitrogens with zero attached hydrogens (tertiary/aromatic N) is 1. The van der Waals surface area contributed by atoms with Gasteiger partial charge in [0.2, 0.25) is 11.8 Å². The third-order valence-corrected chi connectivity index (χ3v) is 4.93. The molecule has 1 aromatic rings.